The van der Waals surface area contributed by atoms with Gasteiger partial charge in [0, 0.05) is 16.8 Å². The smallest absolute Gasteiger partial charge is 0.370 e. The van der Waals surface area contributed by atoms with Crippen LogP contribution < -0.4 is 4.90 Å². The first-order chi connectivity index (χ1) is 20.4. The van der Waals surface area contributed by atoms with E-state index >= 15 is 0 Å². The van der Waals surface area contributed by atoms with E-state index in [4.69, 9.17) is 0 Å². The van der Waals surface area contributed by atoms with Gasteiger partial charge in [0.2, 0.25) is 0 Å². The number of halogens is 3. The fraction of sp³-hybridized carbons (Fsp3) is 0.258. The van der Waals surface area contributed by atoms with Crippen molar-refractivity contribution in [1.82, 2.24) is 19.7 Å². The maximum absolute atomic E-state index is 12.9. The van der Waals surface area contributed by atoms with E-state index in [1.54, 1.807) is 17.7 Å². The van der Waals surface area contributed by atoms with E-state index in [9.17, 15) is 18.3 Å². The van der Waals surface area contributed by atoms with E-state index in [2.05, 4.69) is 57.4 Å². The van der Waals surface area contributed by atoms with Gasteiger partial charge in [0.25, 0.3) is 0 Å². The predicted molar refractivity (Wildman–Crippen MR) is 165 cm³/mol. The third-order valence-corrected chi connectivity index (χ3v) is 8.50. The lowest BCUT2D eigenvalue weighted by Crippen LogP contribution is -2.45. The summed E-state index contributed by atoms with van der Waals surface area (Å²) in [7, 11) is 0. The third kappa shape index (κ3) is 5.48. The van der Waals surface area contributed by atoms with Gasteiger partial charge in [-0.05, 0) is 72.2 Å². The fourth-order valence-corrected chi connectivity index (χ4v) is 6.21. The molecule has 0 aliphatic carbocycles. The van der Waals surface area contributed by atoms with Gasteiger partial charge in [-0.1, -0.05) is 55.9 Å². The van der Waals surface area contributed by atoms with Crippen molar-refractivity contribution >= 4 is 50.6 Å². The number of aromatic nitrogens is 4. The van der Waals surface area contributed by atoms with Crippen molar-refractivity contribution in [2.75, 3.05) is 10.7 Å². The van der Waals surface area contributed by atoms with Crippen LogP contribution in [0.4, 0.5) is 18.9 Å². The average Bonchev–Trinajstić information content (AvgIpc) is 3.52. The Bertz CT molecular complexity index is 1900. The molecular formula is C31H28F3N7OS. The molecule has 0 saturated carbocycles. The molecule has 220 valence electrons. The molecule has 1 saturated heterocycles. The van der Waals surface area contributed by atoms with E-state index in [-0.39, 0.29) is 11.7 Å². The number of benzene rings is 3. The van der Waals surface area contributed by atoms with Crippen molar-refractivity contribution in [3.63, 3.8) is 0 Å². The Balaban J connectivity index is 1.29. The minimum Gasteiger partial charge on any atom is -0.370 e. The summed E-state index contributed by atoms with van der Waals surface area (Å²) in [5.74, 6) is 0.963. The molecule has 0 amide bonds. The minimum absolute atomic E-state index is 0.238. The summed E-state index contributed by atoms with van der Waals surface area (Å²) >= 11 is 1.46. The zero-order valence-electron chi connectivity index (χ0n) is 23.8. The summed E-state index contributed by atoms with van der Waals surface area (Å²) in [5.41, 5.74) is 3.18. The van der Waals surface area contributed by atoms with Crippen molar-refractivity contribution in [3.05, 3.63) is 89.4 Å². The van der Waals surface area contributed by atoms with Gasteiger partial charge in [-0.25, -0.2) is 4.98 Å². The second-order valence-corrected chi connectivity index (χ2v) is 11.9. The lowest BCUT2D eigenvalue weighted by atomic mass is 9.98. The highest BCUT2D eigenvalue weighted by Gasteiger charge is 2.41. The molecule has 5 aromatic rings. The number of anilines is 1. The first-order valence-electron chi connectivity index (χ1n) is 13.6. The summed E-state index contributed by atoms with van der Waals surface area (Å²) in [6, 6.07) is 18.0. The second kappa shape index (κ2) is 10.8. The number of nitrogens with zero attached hydrogens (tertiary/aromatic N) is 7. The molecule has 12 heteroatoms. The largest absolute Gasteiger partial charge is 0.435 e. The van der Waals surface area contributed by atoms with Gasteiger partial charge >= 0.3 is 6.18 Å². The molecule has 0 radical (unpaired) electrons. The third-order valence-electron chi connectivity index (χ3n) is 7.29. The molecule has 1 fully saturated rings. The van der Waals surface area contributed by atoms with Crippen LogP contribution in [0.1, 0.15) is 49.1 Å². The molecule has 0 spiro atoms. The van der Waals surface area contributed by atoms with Crippen LogP contribution in [-0.4, -0.2) is 47.7 Å². The number of alkyl halides is 3. The van der Waals surface area contributed by atoms with Crippen LogP contribution in [-0.2, 0) is 6.18 Å². The lowest BCUT2D eigenvalue weighted by Gasteiger charge is -2.33. The number of amidine groups is 1. The lowest BCUT2D eigenvalue weighted by molar-refractivity contribution is -0.141. The average molecular weight is 604 g/mol. The molecule has 3 heterocycles. The highest BCUT2D eigenvalue weighted by Crippen LogP contribution is 2.40. The van der Waals surface area contributed by atoms with Gasteiger partial charge in [0.15, 0.2) is 22.4 Å². The monoisotopic (exact) mass is 603 g/mol. The maximum Gasteiger partial charge on any atom is 0.435 e. The van der Waals surface area contributed by atoms with Crippen molar-refractivity contribution in [2.24, 2.45) is 10.2 Å². The van der Waals surface area contributed by atoms with E-state index in [0.29, 0.717) is 22.0 Å². The number of imidazole rings is 1. The van der Waals surface area contributed by atoms with E-state index in [1.165, 1.54) is 24.2 Å². The van der Waals surface area contributed by atoms with Crippen LogP contribution in [0.3, 0.4) is 0 Å². The number of aliphatic hydroxyl groups is 1. The van der Waals surface area contributed by atoms with Gasteiger partial charge in [0.05, 0.1) is 17.2 Å². The fourth-order valence-electron chi connectivity index (χ4n) is 5.15. The van der Waals surface area contributed by atoms with Crippen molar-refractivity contribution in [2.45, 2.75) is 45.5 Å². The predicted octanol–water partition coefficient (Wildman–Crippen LogP) is 7.07. The normalized spacial score (nSPS) is 18.7. The van der Waals surface area contributed by atoms with Crippen molar-refractivity contribution in [3.8, 4) is 5.82 Å². The van der Waals surface area contributed by atoms with Gasteiger partial charge in [-0.3, -0.25) is 9.47 Å². The number of thioether (sulfide) groups is 1. The molecular weight excluding hydrogens is 575 g/mol. The Labute approximate surface area is 250 Å². The molecule has 1 atom stereocenters. The Morgan fingerprint density at radius 3 is 2.58 bits per heavy atom. The van der Waals surface area contributed by atoms with Gasteiger partial charge in [-0.15, -0.1) is 15.3 Å². The Morgan fingerprint density at radius 1 is 1.05 bits per heavy atom. The molecule has 1 aliphatic rings. The van der Waals surface area contributed by atoms with Crippen LogP contribution >= 0.6 is 11.8 Å². The summed E-state index contributed by atoms with van der Waals surface area (Å²) in [6.45, 7) is 8.07. The zero-order chi connectivity index (χ0) is 30.5. The zero-order valence-corrected chi connectivity index (χ0v) is 24.6. The van der Waals surface area contributed by atoms with Crippen molar-refractivity contribution in [1.29, 1.82) is 0 Å². The number of aryl methyl sites for hydroxylation is 1. The van der Waals surface area contributed by atoms with Gasteiger partial charge < -0.3 is 5.11 Å². The number of hydrogen-bond acceptors (Lipinski definition) is 7. The number of hydrogen-bond donors (Lipinski definition) is 1. The van der Waals surface area contributed by atoms with Gasteiger partial charge in [-0.2, -0.15) is 18.3 Å². The van der Waals surface area contributed by atoms with E-state index < -0.39 is 17.6 Å². The van der Waals surface area contributed by atoms with Crippen LogP contribution in [0, 0.1) is 6.92 Å². The quantitative estimate of drug-likeness (QED) is 0.171. The van der Waals surface area contributed by atoms with Crippen LogP contribution in [0.2, 0.25) is 0 Å². The SMILES string of the molecule is Cc1ccc(C(C)C)c(N2/C(=N/N=C/c3ccc4c(ccc5c4ncn5-c4ccc(C(F)(F)F)nn4)c3)SCC2(C)O)c1. The van der Waals surface area contributed by atoms with Crippen LogP contribution in [0.5, 0.6) is 0 Å². The molecule has 43 heavy (non-hydrogen) atoms. The molecule has 6 rings (SSSR count). The molecule has 1 unspecified atom stereocenters. The van der Waals surface area contributed by atoms with Crippen LogP contribution in [0.25, 0.3) is 27.6 Å². The maximum atomic E-state index is 12.9. The molecule has 3 aromatic carbocycles. The summed E-state index contributed by atoms with van der Waals surface area (Å²) < 4.78 is 40.3. The Kier molecular flexibility index (Phi) is 7.21. The van der Waals surface area contributed by atoms with Crippen molar-refractivity contribution < 1.29 is 18.3 Å². The topological polar surface area (TPSA) is 91.8 Å². The Hall–Kier alpha value is -4.29. The number of fused-ring (bicyclic) bond motifs is 3. The highest BCUT2D eigenvalue weighted by atomic mass is 32.2. The standard InChI is InChI=1S/C31H28F3N7OS/c1-18(2)22-8-5-19(3)13-25(22)41-29(43-16-30(41,4)42)39-36-15-20-6-9-23-21(14-20)7-10-24-28(23)35-17-40(24)27-12-11-26(37-38-27)31(32,33)34/h5-15,17-18,42H,16H2,1-4H3/b36-15+,39-29-. The molecule has 0 bridgehead atoms. The summed E-state index contributed by atoms with van der Waals surface area (Å²) in [6.07, 6.45) is -1.37. The summed E-state index contributed by atoms with van der Waals surface area (Å²) in [4.78, 5) is 6.37. The minimum atomic E-state index is -4.56. The van der Waals surface area contributed by atoms with Crippen LogP contribution in [0.15, 0.2) is 77.2 Å². The Morgan fingerprint density at radius 2 is 1.86 bits per heavy atom. The second-order valence-electron chi connectivity index (χ2n) is 11.0. The highest BCUT2D eigenvalue weighted by molar-refractivity contribution is 8.14. The molecule has 2 aromatic heterocycles. The molecule has 1 N–H and O–H groups in total. The van der Waals surface area contributed by atoms with E-state index in [1.807, 2.05) is 42.2 Å². The number of rotatable bonds is 5. The first kappa shape index (κ1) is 28.8. The molecule has 1 aliphatic heterocycles. The molecule has 8 nitrogen and oxygen atoms in total. The van der Waals surface area contributed by atoms with Gasteiger partial charge in [0.1, 0.15) is 6.33 Å². The van der Waals surface area contributed by atoms with E-state index in [0.717, 1.165) is 39.2 Å². The first-order valence-corrected chi connectivity index (χ1v) is 14.6. The summed E-state index contributed by atoms with van der Waals surface area (Å²) in [5, 5.41) is 29.6.